The number of fused-ring (bicyclic) bond motifs is 1. The van der Waals surface area contributed by atoms with Crippen molar-refractivity contribution in [2.24, 2.45) is 29.1 Å². The van der Waals surface area contributed by atoms with Gasteiger partial charge in [0, 0.05) is 5.92 Å². The van der Waals surface area contributed by atoms with E-state index >= 15 is 0 Å². The zero-order valence-electron chi connectivity index (χ0n) is 14.7. The van der Waals surface area contributed by atoms with E-state index < -0.39 is 5.79 Å². The van der Waals surface area contributed by atoms with Crippen molar-refractivity contribution in [3.05, 3.63) is 0 Å². The van der Waals surface area contributed by atoms with Gasteiger partial charge in [-0.1, -0.05) is 20.8 Å². The molecule has 0 aromatic heterocycles. The lowest BCUT2D eigenvalue weighted by Gasteiger charge is -2.39. The summed E-state index contributed by atoms with van der Waals surface area (Å²) in [7, 11) is 0. The van der Waals surface area contributed by atoms with Crippen LogP contribution in [0.25, 0.3) is 0 Å². The van der Waals surface area contributed by atoms with E-state index in [2.05, 4.69) is 20.8 Å². The summed E-state index contributed by atoms with van der Waals surface area (Å²) in [5.74, 6) is -0.178. The van der Waals surface area contributed by atoms with Crippen molar-refractivity contribution in [1.29, 1.82) is 0 Å². The molecule has 6 atom stereocenters. The van der Waals surface area contributed by atoms with Gasteiger partial charge in [-0.15, -0.1) is 0 Å². The number of carbonyl (C=O) groups is 1. The molecular weight excluding hydrogens is 280 g/mol. The lowest BCUT2D eigenvalue weighted by atomic mass is 9.81. The maximum atomic E-state index is 12.8. The van der Waals surface area contributed by atoms with Gasteiger partial charge in [0.1, 0.15) is 5.92 Å². The summed E-state index contributed by atoms with van der Waals surface area (Å²) in [5.41, 5.74) is 0.173. The van der Waals surface area contributed by atoms with E-state index in [0.29, 0.717) is 18.4 Å². The van der Waals surface area contributed by atoms with Gasteiger partial charge in [-0.3, -0.25) is 4.79 Å². The van der Waals surface area contributed by atoms with Gasteiger partial charge in [0.15, 0.2) is 5.79 Å². The molecule has 0 amide bonds. The van der Waals surface area contributed by atoms with E-state index in [-0.39, 0.29) is 35.4 Å². The van der Waals surface area contributed by atoms with Crippen molar-refractivity contribution in [3.8, 4) is 0 Å². The summed E-state index contributed by atoms with van der Waals surface area (Å²) < 4.78 is 18.1. The van der Waals surface area contributed by atoms with Gasteiger partial charge < -0.3 is 14.2 Å². The summed E-state index contributed by atoms with van der Waals surface area (Å²) >= 11 is 0. The molecule has 3 aliphatic rings. The van der Waals surface area contributed by atoms with E-state index in [0.717, 1.165) is 12.8 Å². The van der Waals surface area contributed by atoms with Crippen LogP contribution in [0.5, 0.6) is 0 Å². The first-order chi connectivity index (χ1) is 10.3. The van der Waals surface area contributed by atoms with E-state index in [1.165, 1.54) is 0 Å². The molecule has 3 rings (SSSR count). The topological polar surface area (TPSA) is 44.8 Å². The maximum Gasteiger partial charge on any atom is 0.314 e. The highest BCUT2D eigenvalue weighted by molar-refractivity contribution is 5.75. The zero-order valence-corrected chi connectivity index (χ0v) is 14.7. The number of ether oxygens (including phenoxy) is 3. The largest absolute Gasteiger partial charge is 0.466 e. The summed E-state index contributed by atoms with van der Waals surface area (Å²) in [4.78, 5) is 12.8. The van der Waals surface area contributed by atoms with Crippen LogP contribution in [0, 0.1) is 29.1 Å². The molecule has 0 aromatic rings. The molecule has 4 nitrogen and oxygen atoms in total. The van der Waals surface area contributed by atoms with Gasteiger partial charge in [0.2, 0.25) is 0 Å². The molecule has 2 saturated carbocycles. The van der Waals surface area contributed by atoms with Crippen LogP contribution in [-0.4, -0.2) is 30.6 Å². The van der Waals surface area contributed by atoms with Crippen molar-refractivity contribution in [2.75, 3.05) is 6.61 Å². The fourth-order valence-electron chi connectivity index (χ4n) is 4.91. The average Bonchev–Trinajstić information content (AvgIpc) is 2.86. The third kappa shape index (κ3) is 2.14. The molecule has 0 unspecified atom stereocenters. The summed E-state index contributed by atoms with van der Waals surface area (Å²) in [5, 5.41) is 0. The van der Waals surface area contributed by atoms with Crippen molar-refractivity contribution in [1.82, 2.24) is 0 Å². The molecule has 2 aliphatic carbocycles. The lowest BCUT2D eigenvalue weighted by molar-refractivity contribution is -0.248. The van der Waals surface area contributed by atoms with Gasteiger partial charge in [-0.05, 0) is 50.9 Å². The average molecular weight is 310 g/mol. The summed E-state index contributed by atoms with van der Waals surface area (Å²) in [6, 6.07) is 0. The maximum absolute atomic E-state index is 12.8. The zero-order chi connectivity index (χ0) is 16.3. The van der Waals surface area contributed by atoms with Crippen LogP contribution < -0.4 is 0 Å². The van der Waals surface area contributed by atoms with E-state index in [4.69, 9.17) is 14.2 Å². The highest BCUT2D eigenvalue weighted by atomic mass is 16.8. The number of carbonyl (C=O) groups excluding carboxylic acids is 1. The molecular formula is C18H30O4. The van der Waals surface area contributed by atoms with Crippen LogP contribution in [0.15, 0.2) is 0 Å². The van der Waals surface area contributed by atoms with Crippen LogP contribution in [0.1, 0.15) is 54.4 Å². The van der Waals surface area contributed by atoms with E-state index in [1.54, 1.807) is 0 Å². The molecule has 3 fully saturated rings. The molecule has 126 valence electrons. The minimum absolute atomic E-state index is 0.0118. The van der Waals surface area contributed by atoms with Crippen molar-refractivity contribution >= 4 is 5.97 Å². The Morgan fingerprint density at radius 3 is 2.27 bits per heavy atom. The molecule has 4 heteroatoms. The first kappa shape index (κ1) is 16.3. The van der Waals surface area contributed by atoms with Crippen molar-refractivity contribution in [3.63, 3.8) is 0 Å². The van der Waals surface area contributed by atoms with Crippen LogP contribution in [-0.2, 0) is 19.0 Å². The van der Waals surface area contributed by atoms with Crippen molar-refractivity contribution < 1.29 is 19.0 Å². The Labute approximate surface area is 133 Å². The molecule has 1 spiro atoms. The third-order valence-corrected chi connectivity index (χ3v) is 6.47. The highest BCUT2D eigenvalue weighted by Gasteiger charge is 2.72. The number of hydrogen-bond donors (Lipinski definition) is 0. The first-order valence-electron chi connectivity index (χ1n) is 8.78. The summed E-state index contributed by atoms with van der Waals surface area (Å²) in [6.07, 6.45) is 2.21. The molecule has 0 bridgehead atoms. The molecule has 1 saturated heterocycles. The SMILES string of the molecule is CCOC(=O)[C@H]1[C@H]2[C@@H](CC[C@@H](C)C13O[C@H](C)[C@@H](C)O3)C2(C)C. The van der Waals surface area contributed by atoms with Gasteiger partial charge in [0.25, 0.3) is 0 Å². The van der Waals surface area contributed by atoms with E-state index in [9.17, 15) is 4.79 Å². The number of rotatable bonds is 2. The van der Waals surface area contributed by atoms with Crippen LogP contribution in [0.3, 0.4) is 0 Å². The Bertz CT molecular complexity index is 448. The number of esters is 1. The van der Waals surface area contributed by atoms with Gasteiger partial charge >= 0.3 is 5.97 Å². The Balaban J connectivity index is 2.01. The smallest absolute Gasteiger partial charge is 0.314 e. The van der Waals surface area contributed by atoms with Gasteiger partial charge in [-0.2, -0.15) is 0 Å². The fourth-order valence-corrected chi connectivity index (χ4v) is 4.91. The Morgan fingerprint density at radius 1 is 1.14 bits per heavy atom. The highest BCUT2D eigenvalue weighted by Crippen LogP contribution is 2.69. The second kappa shape index (κ2) is 5.20. The second-order valence-electron chi connectivity index (χ2n) is 8.03. The molecule has 1 aliphatic heterocycles. The lowest BCUT2D eigenvalue weighted by Crippen LogP contribution is -2.51. The van der Waals surface area contributed by atoms with Gasteiger partial charge in [0.05, 0.1) is 18.8 Å². The predicted octanol–water partition coefficient (Wildman–Crippen LogP) is 3.39. The first-order valence-corrected chi connectivity index (χ1v) is 8.78. The fraction of sp³-hybridized carbons (Fsp3) is 0.944. The van der Waals surface area contributed by atoms with Gasteiger partial charge in [-0.25, -0.2) is 0 Å². The standard InChI is InChI=1S/C18H30O4/c1-7-20-16(19)15-14-13(17(14,5)6)9-8-10(2)18(15)21-11(3)12(4)22-18/h10-15H,7-9H2,1-6H3/t10-,11-,12-,13-,14-,15-/m1/s1. The Hall–Kier alpha value is -0.610. The Morgan fingerprint density at radius 2 is 1.73 bits per heavy atom. The predicted molar refractivity (Wildman–Crippen MR) is 83.1 cm³/mol. The molecule has 0 radical (unpaired) electrons. The molecule has 0 N–H and O–H groups in total. The minimum Gasteiger partial charge on any atom is -0.466 e. The third-order valence-electron chi connectivity index (χ3n) is 6.47. The molecule has 22 heavy (non-hydrogen) atoms. The number of hydrogen-bond acceptors (Lipinski definition) is 4. The minimum atomic E-state index is -0.807. The Kier molecular flexibility index (Phi) is 3.84. The van der Waals surface area contributed by atoms with Crippen LogP contribution in [0.2, 0.25) is 0 Å². The normalized spacial score (nSPS) is 45.2. The quantitative estimate of drug-likeness (QED) is 0.733. The van der Waals surface area contributed by atoms with Crippen LogP contribution >= 0.6 is 0 Å². The summed E-state index contributed by atoms with van der Waals surface area (Å²) in [6.45, 7) is 13.0. The van der Waals surface area contributed by atoms with Crippen LogP contribution in [0.4, 0.5) is 0 Å². The molecule has 0 aromatic carbocycles. The second-order valence-corrected chi connectivity index (χ2v) is 8.03. The monoisotopic (exact) mass is 310 g/mol. The molecule has 1 heterocycles. The van der Waals surface area contributed by atoms with E-state index in [1.807, 2.05) is 20.8 Å². The van der Waals surface area contributed by atoms with Crippen molar-refractivity contribution in [2.45, 2.75) is 72.4 Å².